The largest absolute Gasteiger partial charge is 0.490 e. The highest BCUT2D eigenvalue weighted by Crippen LogP contribution is 2.57. The Hall–Kier alpha value is -1.75. The third kappa shape index (κ3) is 2.43. The van der Waals surface area contributed by atoms with Crippen LogP contribution < -0.4 is 15.0 Å². The Morgan fingerprint density at radius 1 is 1.24 bits per heavy atom. The van der Waals surface area contributed by atoms with Crippen LogP contribution in [-0.4, -0.2) is 37.9 Å². The van der Waals surface area contributed by atoms with Crippen molar-refractivity contribution in [3.8, 4) is 5.75 Å². The summed E-state index contributed by atoms with van der Waals surface area (Å²) in [7, 11) is 1.87. The predicted octanol–water partition coefficient (Wildman–Crippen LogP) is 3.19. The van der Waals surface area contributed by atoms with Crippen molar-refractivity contribution in [3.63, 3.8) is 0 Å². The number of urea groups is 1. The quantitative estimate of drug-likeness (QED) is 0.898. The smallest absolute Gasteiger partial charge is 0.322 e. The second kappa shape index (κ2) is 5.63. The van der Waals surface area contributed by atoms with Gasteiger partial charge in [0.15, 0.2) is 0 Å². The summed E-state index contributed by atoms with van der Waals surface area (Å²) in [5, 5.41) is 3.39. The normalized spacial score (nSPS) is 38.2. The summed E-state index contributed by atoms with van der Waals surface area (Å²) in [6, 6.07) is 8.12. The van der Waals surface area contributed by atoms with Gasteiger partial charge in [0.2, 0.25) is 0 Å². The number of carbonyl (C=O) groups is 1. The van der Waals surface area contributed by atoms with E-state index in [2.05, 4.69) is 5.32 Å². The van der Waals surface area contributed by atoms with E-state index in [0.29, 0.717) is 31.0 Å². The van der Waals surface area contributed by atoms with Gasteiger partial charge in [-0.15, -0.1) is 0 Å². The number of hydrogen-bond donors (Lipinski definition) is 1. The van der Waals surface area contributed by atoms with E-state index in [1.165, 1.54) is 19.3 Å². The molecule has 0 aromatic heterocycles. The number of carbonyl (C=O) groups excluding carboxylic acids is 1. The summed E-state index contributed by atoms with van der Waals surface area (Å²) in [5.74, 6) is 2.71. The number of benzene rings is 1. The number of amides is 2. The average Bonchev–Trinajstić information content (AvgIpc) is 2.63. The first-order chi connectivity index (χ1) is 12.2. The second-order valence-corrected chi connectivity index (χ2v) is 8.30. The maximum atomic E-state index is 13.0. The maximum Gasteiger partial charge on any atom is 0.322 e. The minimum atomic E-state index is 0.0275. The number of rotatable bonds is 2. The van der Waals surface area contributed by atoms with Gasteiger partial charge in [-0.1, -0.05) is 12.1 Å². The Bertz CT molecular complexity index is 675. The molecule has 1 aromatic rings. The summed E-state index contributed by atoms with van der Waals surface area (Å²) < 4.78 is 11.6. The molecular weight excluding hydrogens is 316 g/mol. The third-order valence-corrected chi connectivity index (χ3v) is 6.91. The van der Waals surface area contributed by atoms with Crippen molar-refractivity contribution in [2.75, 3.05) is 25.2 Å². The van der Waals surface area contributed by atoms with Gasteiger partial charge >= 0.3 is 6.03 Å². The van der Waals surface area contributed by atoms with Crippen molar-refractivity contribution in [1.29, 1.82) is 0 Å². The number of nitrogens with one attached hydrogen (secondary N) is 1. The van der Waals surface area contributed by atoms with E-state index in [9.17, 15) is 4.79 Å². The highest BCUT2D eigenvalue weighted by atomic mass is 16.5. The van der Waals surface area contributed by atoms with Crippen LogP contribution in [0.4, 0.5) is 10.5 Å². The second-order valence-electron chi connectivity index (χ2n) is 8.30. The number of nitrogens with zero attached hydrogens (tertiary/aromatic N) is 1. The molecule has 5 aliphatic rings. The minimum Gasteiger partial charge on any atom is -0.490 e. The third-order valence-electron chi connectivity index (χ3n) is 6.91. The molecule has 6 rings (SSSR count). The number of hydrogen-bond acceptors (Lipinski definition) is 3. The van der Waals surface area contributed by atoms with Crippen molar-refractivity contribution in [1.82, 2.24) is 5.32 Å². The molecule has 1 aromatic carbocycles. The molecule has 4 saturated carbocycles. The van der Waals surface area contributed by atoms with Crippen molar-refractivity contribution >= 4 is 11.7 Å². The molecule has 2 unspecified atom stereocenters. The molecular formula is C20H26N2O3. The molecule has 1 aliphatic heterocycles. The lowest BCUT2D eigenvalue weighted by Crippen LogP contribution is -2.63. The number of anilines is 1. The van der Waals surface area contributed by atoms with Crippen LogP contribution in [0.25, 0.3) is 0 Å². The Morgan fingerprint density at radius 2 is 2.00 bits per heavy atom. The van der Waals surface area contributed by atoms with E-state index >= 15 is 0 Å². The molecule has 4 fully saturated rings. The molecule has 5 nitrogen and oxygen atoms in total. The van der Waals surface area contributed by atoms with Crippen molar-refractivity contribution in [3.05, 3.63) is 24.3 Å². The fourth-order valence-corrected chi connectivity index (χ4v) is 6.04. The van der Waals surface area contributed by atoms with E-state index in [4.69, 9.17) is 9.47 Å². The summed E-state index contributed by atoms with van der Waals surface area (Å²) in [5.41, 5.74) is 0.965. The standard InChI is InChI=1S/C20H26N2O3/c1-24-20-10-13-8-14(11-20)18(15(9-13)12-20)21-19(23)22-6-7-25-17-5-3-2-4-16(17)22/h2-5,13-15,18H,6-12H2,1H3,(H,21,23)/t13?,14?,15?,18-,20-. The van der Waals surface area contributed by atoms with E-state index in [1.807, 2.05) is 36.3 Å². The van der Waals surface area contributed by atoms with Gasteiger partial charge in [0.1, 0.15) is 12.4 Å². The molecule has 0 radical (unpaired) electrons. The van der Waals surface area contributed by atoms with E-state index < -0.39 is 0 Å². The van der Waals surface area contributed by atoms with Gasteiger partial charge in [-0.3, -0.25) is 4.90 Å². The van der Waals surface area contributed by atoms with E-state index in [0.717, 1.165) is 30.2 Å². The van der Waals surface area contributed by atoms with Crippen LogP contribution in [0.5, 0.6) is 5.75 Å². The topological polar surface area (TPSA) is 50.8 Å². The fraction of sp³-hybridized carbons (Fsp3) is 0.650. The van der Waals surface area contributed by atoms with Gasteiger partial charge in [-0.05, 0) is 62.0 Å². The SMILES string of the molecule is CO[C@]12CC3CC(C1)[C@@H](NC(=O)N1CCOc4ccccc41)C(C3)C2. The summed E-state index contributed by atoms with van der Waals surface area (Å²) in [6.07, 6.45) is 5.90. The van der Waals surface area contributed by atoms with Gasteiger partial charge in [0.05, 0.1) is 17.8 Å². The summed E-state index contributed by atoms with van der Waals surface area (Å²) in [6.45, 7) is 1.16. The lowest BCUT2D eigenvalue weighted by molar-refractivity contribution is -0.155. The average molecular weight is 342 g/mol. The maximum absolute atomic E-state index is 13.0. The molecule has 0 spiro atoms. The van der Waals surface area contributed by atoms with Crippen LogP contribution in [0.15, 0.2) is 24.3 Å². The Labute approximate surface area is 148 Å². The molecule has 4 bridgehead atoms. The predicted molar refractivity (Wildman–Crippen MR) is 94.9 cm³/mol. The Morgan fingerprint density at radius 3 is 2.76 bits per heavy atom. The molecule has 2 amide bonds. The lowest BCUT2D eigenvalue weighted by atomic mass is 9.52. The van der Waals surface area contributed by atoms with Gasteiger partial charge < -0.3 is 14.8 Å². The first kappa shape index (κ1) is 15.5. The van der Waals surface area contributed by atoms with Crippen LogP contribution >= 0.6 is 0 Å². The first-order valence-electron chi connectivity index (χ1n) is 9.52. The first-order valence-corrected chi connectivity index (χ1v) is 9.52. The number of para-hydroxylation sites is 2. The summed E-state index contributed by atoms with van der Waals surface area (Å²) in [4.78, 5) is 14.9. The van der Waals surface area contributed by atoms with Crippen LogP contribution in [0.2, 0.25) is 0 Å². The number of fused-ring (bicyclic) bond motifs is 1. The van der Waals surface area contributed by atoms with Crippen LogP contribution in [0.1, 0.15) is 32.1 Å². The molecule has 5 heteroatoms. The summed E-state index contributed by atoms with van der Waals surface area (Å²) >= 11 is 0. The van der Waals surface area contributed by atoms with Crippen molar-refractivity contribution < 1.29 is 14.3 Å². The Kier molecular flexibility index (Phi) is 3.49. The van der Waals surface area contributed by atoms with Crippen LogP contribution in [-0.2, 0) is 4.74 Å². The highest BCUT2D eigenvalue weighted by molar-refractivity contribution is 5.94. The van der Waals surface area contributed by atoms with Crippen molar-refractivity contribution in [2.45, 2.75) is 43.7 Å². The molecule has 1 heterocycles. The zero-order valence-corrected chi connectivity index (χ0v) is 14.7. The van der Waals surface area contributed by atoms with Crippen LogP contribution in [0.3, 0.4) is 0 Å². The monoisotopic (exact) mass is 342 g/mol. The molecule has 1 N–H and O–H groups in total. The molecule has 2 atom stereocenters. The van der Waals surface area contributed by atoms with Crippen LogP contribution in [0, 0.1) is 17.8 Å². The molecule has 134 valence electrons. The van der Waals surface area contributed by atoms with Crippen molar-refractivity contribution in [2.24, 2.45) is 17.8 Å². The molecule has 4 aliphatic carbocycles. The molecule has 25 heavy (non-hydrogen) atoms. The number of methoxy groups -OCH3 is 1. The van der Waals surface area contributed by atoms with E-state index in [-0.39, 0.29) is 11.6 Å². The van der Waals surface area contributed by atoms with E-state index in [1.54, 1.807) is 0 Å². The zero-order valence-electron chi connectivity index (χ0n) is 14.7. The number of ether oxygens (including phenoxy) is 2. The highest BCUT2D eigenvalue weighted by Gasteiger charge is 2.56. The lowest BCUT2D eigenvalue weighted by Gasteiger charge is -2.59. The van der Waals surface area contributed by atoms with Gasteiger partial charge in [-0.2, -0.15) is 0 Å². The molecule has 0 saturated heterocycles. The van der Waals surface area contributed by atoms with Gasteiger partial charge in [-0.25, -0.2) is 4.79 Å². The zero-order chi connectivity index (χ0) is 17.0. The Balaban J connectivity index is 1.34. The fourth-order valence-electron chi connectivity index (χ4n) is 6.04. The minimum absolute atomic E-state index is 0.0275. The van der Waals surface area contributed by atoms with Gasteiger partial charge in [0.25, 0.3) is 0 Å². The van der Waals surface area contributed by atoms with Gasteiger partial charge in [0, 0.05) is 13.2 Å².